The third-order valence-electron chi connectivity index (χ3n) is 2.27. The Morgan fingerprint density at radius 3 is 2.87 bits per heavy atom. The van der Waals surface area contributed by atoms with Crippen molar-refractivity contribution >= 4 is 23.3 Å². The van der Waals surface area contributed by atoms with Crippen molar-refractivity contribution in [1.82, 2.24) is 0 Å². The second-order valence-corrected chi connectivity index (χ2v) is 4.33. The summed E-state index contributed by atoms with van der Waals surface area (Å²) in [5, 5.41) is 8.62. The van der Waals surface area contributed by atoms with Gasteiger partial charge in [0, 0.05) is 16.2 Å². The highest BCUT2D eigenvalue weighted by atomic mass is 32.2. The van der Waals surface area contributed by atoms with Crippen LogP contribution >= 0.6 is 11.8 Å². The van der Waals surface area contributed by atoms with E-state index in [-0.39, 0.29) is 0 Å². The third kappa shape index (κ3) is 1.90. The molecule has 2 rings (SSSR count). The smallest absolute Gasteiger partial charge is 0.365 e. The van der Waals surface area contributed by atoms with Crippen LogP contribution in [-0.2, 0) is 4.79 Å². The number of halogens is 1. The van der Waals surface area contributed by atoms with Crippen molar-refractivity contribution in [2.24, 2.45) is 0 Å². The van der Waals surface area contributed by atoms with Crippen LogP contribution in [-0.4, -0.2) is 16.8 Å². The van der Waals surface area contributed by atoms with Gasteiger partial charge >= 0.3 is 5.97 Å². The van der Waals surface area contributed by atoms with Crippen molar-refractivity contribution in [3.63, 3.8) is 0 Å². The zero-order valence-electron chi connectivity index (χ0n) is 7.87. The van der Waals surface area contributed by atoms with Crippen molar-refractivity contribution in [2.75, 3.05) is 5.75 Å². The quantitative estimate of drug-likeness (QED) is 0.745. The van der Waals surface area contributed by atoms with Gasteiger partial charge in [-0.2, -0.15) is 4.39 Å². The normalized spacial score (nSPS) is 18.2. The number of carboxylic acid groups (broad SMARTS) is 1. The molecule has 0 spiro atoms. The van der Waals surface area contributed by atoms with Gasteiger partial charge in [0.1, 0.15) is 0 Å². The summed E-state index contributed by atoms with van der Waals surface area (Å²) in [5.74, 6) is -1.78. The fourth-order valence-electron chi connectivity index (χ4n) is 1.60. The van der Waals surface area contributed by atoms with Gasteiger partial charge in [-0.1, -0.05) is 18.2 Å². The third-order valence-corrected chi connectivity index (χ3v) is 3.35. The minimum absolute atomic E-state index is 0.317. The topological polar surface area (TPSA) is 37.3 Å². The van der Waals surface area contributed by atoms with Gasteiger partial charge in [0.15, 0.2) is 0 Å². The Morgan fingerprint density at radius 1 is 1.40 bits per heavy atom. The highest BCUT2D eigenvalue weighted by Crippen LogP contribution is 2.38. The standard InChI is InChI=1S/C11H9FO2S/c12-10(11(13)14)8-5-6-15-9-4-2-1-3-7(8)9/h1-4H,5-6H2,(H,13,14). The average molecular weight is 224 g/mol. The number of hydrogen-bond acceptors (Lipinski definition) is 2. The second-order valence-electron chi connectivity index (χ2n) is 3.19. The van der Waals surface area contributed by atoms with Crippen molar-refractivity contribution in [3.8, 4) is 0 Å². The molecule has 1 aliphatic rings. The molecule has 0 fully saturated rings. The predicted octanol–water partition coefficient (Wildman–Crippen LogP) is 2.95. The highest BCUT2D eigenvalue weighted by Gasteiger charge is 2.21. The average Bonchev–Trinajstić information content (AvgIpc) is 2.27. The van der Waals surface area contributed by atoms with Crippen LogP contribution in [0.15, 0.2) is 35.0 Å². The van der Waals surface area contributed by atoms with E-state index in [1.54, 1.807) is 23.9 Å². The molecular formula is C11H9FO2S. The maximum atomic E-state index is 13.4. The molecule has 0 saturated heterocycles. The molecule has 15 heavy (non-hydrogen) atoms. The van der Waals surface area contributed by atoms with E-state index in [0.29, 0.717) is 17.6 Å². The Kier molecular flexibility index (Phi) is 2.77. The molecule has 1 aromatic rings. The summed E-state index contributed by atoms with van der Waals surface area (Å²) in [6.07, 6.45) is 0.472. The van der Waals surface area contributed by atoms with E-state index in [2.05, 4.69) is 0 Å². The SMILES string of the molecule is O=C(O)C(F)=C1CCSc2ccccc21. The Bertz CT molecular complexity index is 440. The monoisotopic (exact) mass is 224 g/mol. The summed E-state index contributed by atoms with van der Waals surface area (Å²) in [4.78, 5) is 11.5. The zero-order valence-corrected chi connectivity index (χ0v) is 8.68. The Labute approximate surface area is 90.8 Å². The number of hydrogen-bond donors (Lipinski definition) is 1. The maximum Gasteiger partial charge on any atom is 0.365 e. The summed E-state index contributed by atoms with van der Waals surface area (Å²) in [6, 6.07) is 7.31. The molecular weight excluding hydrogens is 215 g/mol. The van der Waals surface area contributed by atoms with Gasteiger partial charge in [-0.3, -0.25) is 0 Å². The first-order chi connectivity index (χ1) is 7.20. The van der Waals surface area contributed by atoms with Crippen LogP contribution in [0.25, 0.3) is 5.57 Å². The van der Waals surface area contributed by atoms with Crippen LogP contribution < -0.4 is 0 Å². The molecule has 1 aromatic carbocycles. The van der Waals surface area contributed by atoms with E-state index in [4.69, 9.17) is 5.11 Å². The molecule has 0 bridgehead atoms. The zero-order chi connectivity index (χ0) is 10.8. The number of allylic oxidation sites excluding steroid dienone is 1. The number of carboxylic acids is 1. The largest absolute Gasteiger partial charge is 0.476 e. The van der Waals surface area contributed by atoms with Gasteiger partial charge in [-0.25, -0.2) is 4.79 Å². The lowest BCUT2D eigenvalue weighted by Gasteiger charge is -2.17. The molecule has 4 heteroatoms. The van der Waals surface area contributed by atoms with E-state index in [0.717, 1.165) is 10.6 Å². The lowest BCUT2D eigenvalue weighted by Crippen LogP contribution is -2.04. The Balaban J connectivity index is 2.55. The molecule has 0 aromatic heterocycles. The molecule has 0 saturated carbocycles. The number of thioether (sulfide) groups is 1. The fraction of sp³-hybridized carbons (Fsp3) is 0.182. The minimum atomic E-state index is -1.48. The van der Waals surface area contributed by atoms with Crippen LogP contribution in [0.3, 0.4) is 0 Å². The maximum absolute atomic E-state index is 13.4. The summed E-state index contributed by atoms with van der Waals surface area (Å²) in [7, 11) is 0. The summed E-state index contributed by atoms with van der Waals surface area (Å²) in [6.45, 7) is 0. The summed E-state index contributed by atoms with van der Waals surface area (Å²) >= 11 is 1.63. The molecule has 1 aliphatic heterocycles. The molecule has 0 amide bonds. The predicted molar refractivity (Wildman–Crippen MR) is 57.4 cm³/mol. The van der Waals surface area contributed by atoms with Crippen molar-refractivity contribution in [3.05, 3.63) is 35.7 Å². The molecule has 78 valence electrons. The van der Waals surface area contributed by atoms with Crippen molar-refractivity contribution in [2.45, 2.75) is 11.3 Å². The lowest BCUT2D eigenvalue weighted by molar-refractivity contribution is -0.134. The summed E-state index contributed by atoms with van der Waals surface area (Å²) < 4.78 is 13.4. The number of fused-ring (bicyclic) bond motifs is 1. The molecule has 0 atom stereocenters. The molecule has 0 aliphatic carbocycles. The molecule has 0 unspecified atom stereocenters. The fourth-order valence-corrected chi connectivity index (χ4v) is 2.64. The van der Waals surface area contributed by atoms with Crippen LogP contribution in [0.1, 0.15) is 12.0 Å². The number of carbonyl (C=O) groups is 1. The first kappa shape index (κ1) is 10.2. The van der Waals surface area contributed by atoms with Gasteiger partial charge in [0.05, 0.1) is 0 Å². The van der Waals surface area contributed by atoms with Crippen LogP contribution in [0.2, 0.25) is 0 Å². The van der Waals surface area contributed by atoms with Gasteiger partial charge in [-0.15, -0.1) is 11.8 Å². The highest BCUT2D eigenvalue weighted by molar-refractivity contribution is 7.99. The van der Waals surface area contributed by atoms with Gasteiger partial charge < -0.3 is 5.11 Å². The van der Waals surface area contributed by atoms with Crippen LogP contribution in [0.5, 0.6) is 0 Å². The Hall–Kier alpha value is -1.29. The van der Waals surface area contributed by atoms with Crippen LogP contribution in [0, 0.1) is 0 Å². The molecule has 2 nitrogen and oxygen atoms in total. The van der Waals surface area contributed by atoms with Crippen molar-refractivity contribution in [1.29, 1.82) is 0 Å². The molecule has 1 N–H and O–H groups in total. The van der Waals surface area contributed by atoms with E-state index in [1.165, 1.54) is 0 Å². The van der Waals surface area contributed by atoms with Gasteiger partial charge in [0.2, 0.25) is 5.83 Å². The minimum Gasteiger partial charge on any atom is -0.476 e. The Morgan fingerprint density at radius 2 is 2.13 bits per heavy atom. The van der Waals surface area contributed by atoms with E-state index >= 15 is 0 Å². The molecule has 1 heterocycles. The lowest BCUT2D eigenvalue weighted by atomic mass is 10.0. The second kappa shape index (κ2) is 4.06. The van der Waals surface area contributed by atoms with E-state index in [9.17, 15) is 9.18 Å². The van der Waals surface area contributed by atoms with Crippen LogP contribution in [0.4, 0.5) is 4.39 Å². The van der Waals surface area contributed by atoms with Gasteiger partial charge in [0.25, 0.3) is 0 Å². The number of aliphatic carboxylic acids is 1. The van der Waals surface area contributed by atoms with Crippen molar-refractivity contribution < 1.29 is 14.3 Å². The van der Waals surface area contributed by atoms with Gasteiger partial charge in [-0.05, 0) is 18.1 Å². The number of benzene rings is 1. The van der Waals surface area contributed by atoms with E-state index in [1.807, 2.05) is 12.1 Å². The first-order valence-electron chi connectivity index (χ1n) is 4.54. The molecule has 0 radical (unpaired) electrons. The number of rotatable bonds is 1. The summed E-state index contributed by atoms with van der Waals surface area (Å²) in [5.41, 5.74) is 1.03. The first-order valence-corrected chi connectivity index (χ1v) is 5.53. The van der Waals surface area contributed by atoms with E-state index < -0.39 is 11.8 Å².